The lowest BCUT2D eigenvalue weighted by atomic mass is 10.2. The van der Waals surface area contributed by atoms with Gasteiger partial charge in [-0.05, 0) is 45.8 Å². The number of anilines is 1. The van der Waals surface area contributed by atoms with E-state index >= 15 is 0 Å². The lowest BCUT2D eigenvalue weighted by Gasteiger charge is -2.08. The van der Waals surface area contributed by atoms with E-state index in [-0.39, 0.29) is 0 Å². The Hall–Kier alpha value is -0.700. The molecule has 0 bridgehead atoms. The summed E-state index contributed by atoms with van der Waals surface area (Å²) in [5, 5.41) is 4.77. The Morgan fingerprint density at radius 1 is 1.00 bits per heavy atom. The van der Waals surface area contributed by atoms with Crippen molar-refractivity contribution in [3.63, 3.8) is 0 Å². The predicted molar refractivity (Wildman–Crippen MR) is 77.9 cm³/mol. The molecule has 0 aliphatic carbocycles. The maximum Gasteiger partial charge on any atom is 0.0549 e. The Balaban J connectivity index is 2.08. The summed E-state index contributed by atoms with van der Waals surface area (Å²) in [5.41, 5.74) is 2.07. The summed E-state index contributed by atoms with van der Waals surface area (Å²) < 4.78 is 0.878. The first kappa shape index (κ1) is 12.7. The fraction of sp³-hybridized carbons (Fsp3) is 0.0769. The average molecular weight is 331 g/mol. The van der Waals surface area contributed by atoms with Gasteiger partial charge in [0.25, 0.3) is 0 Å². The molecule has 0 aliphatic heterocycles. The minimum atomic E-state index is 0.688. The highest BCUT2D eigenvalue weighted by atomic mass is 79.9. The van der Waals surface area contributed by atoms with Crippen LogP contribution in [0, 0.1) is 0 Å². The first-order valence-electron chi connectivity index (χ1n) is 5.09. The summed E-state index contributed by atoms with van der Waals surface area (Å²) in [5.74, 6) is 0. The number of hydrogen-bond acceptors (Lipinski definition) is 1. The molecule has 0 aromatic heterocycles. The second-order valence-electron chi connectivity index (χ2n) is 3.57. The van der Waals surface area contributed by atoms with Gasteiger partial charge in [0, 0.05) is 21.7 Å². The normalized spacial score (nSPS) is 10.3. The fourth-order valence-corrected chi connectivity index (χ4v) is 2.14. The Morgan fingerprint density at radius 3 is 2.47 bits per heavy atom. The molecule has 0 heterocycles. The van der Waals surface area contributed by atoms with Crippen LogP contribution in [0.1, 0.15) is 5.56 Å². The van der Waals surface area contributed by atoms with Crippen molar-refractivity contribution in [3.8, 4) is 0 Å². The molecule has 0 atom stereocenters. The zero-order valence-corrected chi connectivity index (χ0v) is 12.0. The van der Waals surface area contributed by atoms with E-state index in [0.29, 0.717) is 11.6 Å². The Bertz CT molecular complexity index is 529. The first-order valence-corrected chi connectivity index (χ1v) is 6.64. The number of nitrogens with one attached hydrogen (secondary N) is 1. The predicted octanol–water partition coefficient (Wildman–Crippen LogP) is 5.37. The van der Waals surface area contributed by atoms with Crippen LogP contribution in [-0.4, -0.2) is 0 Å². The van der Waals surface area contributed by atoms with Crippen LogP contribution in [-0.2, 0) is 6.54 Å². The van der Waals surface area contributed by atoms with Crippen molar-refractivity contribution in [1.29, 1.82) is 0 Å². The van der Waals surface area contributed by atoms with Crippen molar-refractivity contribution in [2.45, 2.75) is 6.54 Å². The molecule has 17 heavy (non-hydrogen) atoms. The van der Waals surface area contributed by atoms with Crippen LogP contribution in [0.4, 0.5) is 5.69 Å². The summed E-state index contributed by atoms with van der Waals surface area (Å²) >= 11 is 15.4. The van der Waals surface area contributed by atoms with E-state index in [1.54, 1.807) is 0 Å². The lowest BCUT2D eigenvalue weighted by Crippen LogP contribution is -1.99. The minimum Gasteiger partial charge on any atom is -0.381 e. The quantitative estimate of drug-likeness (QED) is 0.797. The first-order chi connectivity index (χ1) is 8.16. The van der Waals surface area contributed by atoms with E-state index in [1.807, 2.05) is 42.5 Å². The summed E-state index contributed by atoms with van der Waals surface area (Å²) in [4.78, 5) is 0. The third kappa shape index (κ3) is 3.38. The van der Waals surface area contributed by atoms with E-state index in [4.69, 9.17) is 23.2 Å². The lowest BCUT2D eigenvalue weighted by molar-refractivity contribution is 1.15. The van der Waals surface area contributed by atoms with Crippen molar-refractivity contribution >= 4 is 44.8 Å². The Morgan fingerprint density at radius 2 is 1.76 bits per heavy atom. The Labute approximate surface area is 119 Å². The molecule has 2 aromatic carbocycles. The third-order valence-electron chi connectivity index (χ3n) is 2.36. The summed E-state index contributed by atoms with van der Waals surface area (Å²) in [7, 11) is 0. The highest BCUT2D eigenvalue weighted by Crippen LogP contribution is 2.26. The van der Waals surface area contributed by atoms with E-state index in [0.717, 1.165) is 20.7 Å². The van der Waals surface area contributed by atoms with Crippen molar-refractivity contribution < 1.29 is 0 Å². The van der Waals surface area contributed by atoms with E-state index < -0.39 is 0 Å². The van der Waals surface area contributed by atoms with Crippen LogP contribution in [0.3, 0.4) is 0 Å². The van der Waals surface area contributed by atoms with Crippen molar-refractivity contribution in [1.82, 2.24) is 0 Å². The van der Waals surface area contributed by atoms with Gasteiger partial charge < -0.3 is 5.32 Å². The van der Waals surface area contributed by atoms with Gasteiger partial charge in [-0.1, -0.05) is 41.4 Å². The summed E-state index contributed by atoms with van der Waals surface area (Å²) in [6, 6.07) is 13.5. The number of hydrogen-bond donors (Lipinski definition) is 1. The fourth-order valence-electron chi connectivity index (χ4n) is 1.45. The standard InChI is InChI=1S/C13H10BrCl2N/c14-11-7-10(5-6-13(11)16)17-8-9-3-1-2-4-12(9)15/h1-7,17H,8H2. The summed E-state index contributed by atoms with van der Waals surface area (Å²) in [6.45, 7) is 0.688. The van der Waals surface area contributed by atoms with Gasteiger partial charge in [0.1, 0.15) is 0 Å². The molecule has 1 nitrogen and oxygen atoms in total. The van der Waals surface area contributed by atoms with Gasteiger partial charge in [-0.15, -0.1) is 0 Å². The molecular formula is C13H10BrCl2N. The van der Waals surface area contributed by atoms with Crippen LogP contribution < -0.4 is 5.32 Å². The van der Waals surface area contributed by atoms with Crippen molar-refractivity contribution in [3.05, 3.63) is 62.5 Å². The molecule has 0 spiro atoms. The van der Waals surface area contributed by atoms with Crippen molar-refractivity contribution in [2.24, 2.45) is 0 Å². The van der Waals surface area contributed by atoms with Crippen LogP contribution in [0.25, 0.3) is 0 Å². The number of halogens is 3. The zero-order chi connectivity index (χ0) is 12.3. The average Bonchev–Trinajstić information content (AvgIpc) is 2.32. The molecule has 0 fully saturated rings. The largest absolute Gasteiger partial charge is 0.381 e. The molecular weight excluding hydrogens is 321 g/mol. The topological polar surface area (TPSA) is 12.0 Å². The number of rotatable bonds is 3. The van der Waals surface area contributed by atoms with E-state index in [9.17, 15) is 0 Å². The molecule has 88 valence electrons. The highest BCUT2D eigenvalue weighted by Gasteiger charge is 2.01. The molecule has 2 rings (SSSR count). The molecule has 0 amide bonds. The molecule has 1 N–H and O–H groups in total. The summed E-state index contributed by atoms with van der Waals surface area (Å²) in [6.07, 6.45) is 0. The van der Waals surface area contributed by atoms with Crippen LogP contribution in [0.15, 0.2) is 46.9 Å². The maximum absolute atomic E-state index is 6.08. The SMILES string of the molecule is Clc1ccc(NCc2ccccc2Cl)cc1Br. The molecule has 4 heteroatoms. The van der Waals surface area contributed by atoms with Gasteiger partial charge >= 0.3 is 0 Å². The van der Waals surface area contributed by atoms with Gasteiger partial charge in [-0.3, -0.25) is 0 Å². The van der Waals surface area contributed by atoms with E-state index in [2.05, 4.69) is 21.2 Å². The molecule has 0 radical (unpaired) electrons. The van der Waals surface area contributed by atoms with Gasteiger partial charge in [-0.25, -0.2) is 0 Å². The van der Waals surface area contributed by atoms with Crippen LogP contribution in [0.2, 0.25) is 10.0 Å². The van der Waals surface area contributed by atoms with Gasteiger partial charge in [0.05, 0.1) is 5.02 Å². The molecule has 0 unspecified atom stereocenters. The van der Waals surface area contributed by atoms with Gasteiger partial charge in [0.15, 0.2) is 0 Å². The second kappa shape index (κ2) is 5.76. The molecule has 0 saturated heterocycles. The second-order valence-corrected chi connectivity index (χ2v) is 5.24. The van der Waals surface area contributed by atoms with Gasteiger partial charge in [-0.2, -0.15) is 0 Å². The van der Waals surface area contributed by atoms with Gasteiger partial charge in [0.2, 0.25) is 0 Å². The Kier molecular flexibility index (Phi) is 4.32. The smallest absolute Gasteiger partial charge is 0.0549 e. The zero-order valence-electron chi connectivity index (χ0n) is 8.88. The molecule has 0 saturated carbocycles. The van der Waals surface area contributed by atoms with Crippen molar-refractivity contribution in [2.75, 3.05) is 5.32 Å². The minimum absolute atomic E-state index is 0.688. The number of benzene rings is 2. The van der Waals surface area contributed by atoms with Crippen LogP contribution >= 0.6 is 39.1 Å². The van der Waals surface area contributed by atoms with E-state index in [1.165, 1.54) is 0 Å². The highest BCUT2D eigenvalue weighted by molar-refractivity contribution is 9.10. The third-order valence-corrected chi connectivity index (χ3v) is 3.94. The monoisotopic (exact) mass is 329 g/mol. The van der Waals surface area contributed by atoms with Crippen LogP contribution in [0.5, 0.6) is 0 Å². The maximum atomic E-state index is 6.08. The molecule has 0 aliphatic rings. The molecule has 2 aromatic rings.